The summed E-state index contributed by atoms with van der Waals surface area (Å²) in [6, 6.07) is 26.1. The Morgan fingerprint density at radius 3 is 1.23 bits per heavy atom. The summed E-state index contributed by atoms with van der Waals surface area (Å²) in [5.41, 5.74) is 0. The summed E-state index contributed by atoms with van der Waals surface area (Å²) in [5, 5.41) is 11.4. The van der Waals surface area contributed by atoms with Crippen LogP contribution in [0.5, 0.6) is 17.2 Å². The molecule has 0 spiro atoms. The van der Waals surface area contributed by atoms with E-state index in [1.54, 1.807) is 72.8 Å². The summed E-state index contributed by atoms with van der Waals surface area (Å²) in [6.45, 7) is -0.717. The molecule has 26 heavy (non-hydrogen) atoms. The third-order valence-corrected chi connectivity index (χ3v) is 3.37. The van der Waals surface area contributed by atoms with Gasteiger partial charge in [0.1, 0.15) is 17.2 Å². The first-order valence-corrected chi connectivity index (χ1v) is 7.99. The molecule has 0 aliphatic rings. The zero-order valence-electron chi connectivity index (χ0n) is 13.9. The molecule has 0 radical (unpaired) electrons. The maximum atomic E-state index is 11.4. The molecule has 6 heteroatoms. The van der Waals surface area contributed by atoms with Crippen LogP contribution in [0.2, 0.25) is 0 Å². The Labute approximate surface area is 150 Å². The van der Waals surface area contributed by atoms with Gasteiger partial charge < -0.3 is 14.2 Å². The van der Waals surface area contributed by atoms with E-state index in [-0.39, 0.29) is 0 Å². The smallest absolute Gasteiger partial charge is 0.416 e. The summed E-state index contributed by atoms with van der Waals surface area (Å²) in [6.07, 6.45) is 0. The number of nitrogens with zero attached hydrogens (tertiary/aromatic N) is 1. The molecular formula is C20H17NO5. The number of para-hydroxylation sites is 3. The van der Waals surface area contributed by atoms with Gasteiger partial charge in [-0.15, -0.1) is 0 Å². The highest BCUT2D eigenvalue weighted by Crippen LogP contribution is 2.27. The van der Waals surface area contributed by atoms with Crippen molar-refractivity contribution in [3.8, 4) is 17.2 Å². The van der Waals surface area contributed by atoms with E-state index in [2.05, 4.69) is 0 Å². The van der Waals surface area contributed by atoms with E-state index in [4.69, 9.17) is 14.2 Å². The number of hydrogen-bond acceptors (Lipinski definition) is 5. The monoisotopic (exact) mass is 351 g/mol. The van der Waals surface area contributed by atoms with Crippen molar-refractivity contribution < 1.29 is 19.1 Å². The second-order valence-corrected chi connectivity index (χ2v) is 5.42. The van der Waals surface area contributed by atoms with E-state index >= 15 is 0 Å². The first-order valence-electron chi connectivity index (χ1n) is 7.99. The van der Waals surface area contributed by atoms with Crippen LogP contribution < -0.4 is 14.2 Å². The minimum absolute atomic E-state index is 0.390. The van der Waals surface area contributed by atoms with E-state index in [1.165, 1.54) is 0 Å². The zero-order valence-corrected chi connectivity index (χ0v) is 13.9. The van der Waals surface area contributed by atoms with Gasteiger partial charge in [-0.2, -0.15) is 0 Å². The molecule has 3 aromatic rings. The molecule has 0 saturated carbocycles. The Hall–Kier alpha value is -3.54. The lowest BCUT2D eigenvalue weighted by molar-refractivity contribution is -0.530. The molecule has 0 N–H and O–H groups in total. The van der Waals surface area contributed by atoms with E-state index in [1.807, 2.05) is 18.2 Å². The number of benzene rings is 3. The van der Waals surface area contributed by atoms with E-state index in [0.717, 1.165) is 0 Å². The molecule has 0 aliphatic carbocycles. The van der Waals surface area contributed by atoms with Gasteiger partial charge in [-0.3, -0.25) is 10.1 Å². The summed E-state index contributed by atoms with van der Waals surface area (Å²) in [7, 11) is 0. The lowest BCUT2D eigenvalue weighted by Crippen LogP contribution is -2.53. The molecular weight excluding hydrogens is 334 g/mol. The number of rotatable bonds is 8. The minimum atomic E-state index is -1.96. The predicted molar refractivity (Wildman–Crippen MR) is 95.8 cm³/mol. The number of hydrogen-bond donors (Lipinski definition) is 0. The fraction of sp³-hybridized carbons (Fsp3) is 0.100. The Morgan fingerprint density at radius 2 is 0.962 bits per heavy atom. The number of ether oxygens (including phenoxy) is 3. The van der Waals surface area contributed by atoms with Crippen LogP contribution in [0.4, 0.5) is 0 Å². The highest BCUT2D eigenvalue weighted by Gasteiger charge is 2.45. The zero-order chi connectivity index (χ0) is 18.2. The van der Waals surface area contributed by atoms with Gasteiger partial charge in [0.2, 0.25) is 0 Å². The molecule has 0 aromatic heterocycles. The highest BCUT2D eigenvalue weighted by atomic mass is 16.9. The van der Waals surface area contributed by atoms with Crippen LogP contribution in [0.15, 0.2) is 91.0 Å². The topological polar surface area (TPSA) is 70.8 Å². The Morgan fingerprint density at radius 1 is 0.654 bits per heavy atom. The van der Waals surface area contributed by atoms with Gasteiger partial charge in [0.25, 0.3) is 0 Å². The van der Waals surface area contributed by atoms with Crippen LogP contribution in [-0.4, -0.2) is 17.4 Å². The molecule has 132 valence electrons. The van der Waals surface area contributed by atoms with Crippen LogP contribution >= 0.6 is 0 Å². The average Bonchev–Trinajstić information content (AvgIpc) is 2.63. The van der Waals surface area contributed by atoms with Crippen molar-refractivity contribution in [1.29, 1.82) is 0 Å². The summed E-state index contributed by atoms with van der Waals surface area (Å²) in [5.74, 6) is -0.795. The van der Waals surface area contributed by atoms with Crippen molar-refractivity contribution in [3.63, 3.8) is 0 Å². The molecule has 0 heterocycles. The SMILES string of the molecule is O=[N+]([O-])CC(Oc1ccccc1)(Oc1ccccc1)Oc1ccccc1. The van der Waals surface area contributed by atoms with Crippen molar-refractivity contribution in [3.05, 3.63) is 101 Å². The van der Waals surface area contributed by atoms with Gasteiger partial charge in [0.05, 0.1) is 0 Å². The predicted octanol–water partition coefficient (Wildman–Crippen LogP) is 4.15. The maximum absolute atomic E-state index is 11.4. The molecule has 0 unspecified atom stereocenters. The Kier molecular flexibility index (Phi) is 5.34. The summed E-state index contributed by atoms with van der Waals surface area (Å²) in [4.78, 5) is 10.8. The van der Waals surface area contributed by atoms with E-state index < -0.39 is 17.4 Å². The molecule has 3 rings (SSSR count). The Bertz CT molecular complexity index is 723. The van der Waals surface area contributed by atoms with Gasteiger partial charge >= 0.3 is 12.5 Å². The van der Waals surface area contributed by atoms with Crippen molar-refractivity contribution in [2.24, 2.45) is 0 Å². The van der Waals surface area contributed by atoms with Crippen molar-refractivity contribution in [1.82, 2.24) is 0 Å². The standard InChI is InChI=1S/C20H17NO5/c22-21(23)16-20(24-17-10-4-1-5-11-17,25-18-12-6-2-7-13-18)26-19-14-8-3-9-15-19/h1-15H,16H2. The lowest BCUT2D eigenvalue weighted by atomic mass is 10.3. The molecule has 0 saturated heterocycles. The van der Waals surface area contributed by atoms with Gasteiger partial charge in [0.15, 0.2) is 0 Å². The lowest BCUT2D eigenvalue weighted by Gasteiger charge is -2.30. The van der Waals surface area contributed by atoms with E-state index in [9.17, 15) is 10.1 Å². The molecule has 0 bridgehead atoms. The second-order valence-electron chi connectivity index (χ2n) is 5.42. The second kappa shape index (κ2) is 8.02. The summed E-state index contributed by atoms with van der Waals surface area (Å²) >= 11 is 0. The first kappa shape index (κ1) is 17.3. The quantitative estimate of drug-likeness (QED) is 0.346. The fourth-order valence-electron chi connectivity index (χ4n) is 2.32. The highest BCUT2D eigenvalue weighted by molar-refractivity contribution is 5.26. The molecule has 0 atom stereocenters. The largest absolute Gasteiger partial charge is 0.486 e. The average molecular weight is 351 g/mol. The molecule has 0 fully saturated rings. The van der Waals surface area contributed by atoms with Crippen LogP contribution in [0, 0.1) is 10.1 Å². The summed E-state index contributed by atoms with van der Waals surface area (Å²) < 4.78 is 17.5. The number of nitro groups is 1. The molecule has 0 aliphatic heterocycles. The molecule has 6 nitrogen and oxygen atoms in total. The van der Waals surface area contributed by atoms with Crippen molar-refractivity contribution in [2.75, 3.05) is 6.54 Å². The normalized spacial score (nSPS) is 10.8. The van der Waals surface area contributed by atoms with Crippen LogP contribution in [-0.2, 0) is 0 Å². The Balaban J connectivity index is 1.98. The third-order valence-electron chi connectivity index (χ3n) is 3.37. The molecule has 3 aromatic carbocycles. The fourth-order valence-corrected chi connectivity index (χ4v) is 2.32. The first-order chi connectivity index (χ1) is 12.7. The van der Waals surface area contributed by atoms with Crippen LogP contribution in [0.1, 0.15) is 0 Å². The molecule has 0 amide bonds. The van der Waals surface area contributed by atoms with Gasteiger partial charge in [-0.25, -0.2) is 0 Å². The van der Waals surface area contributed by atoms with Gasteiger partial charge in [0, 0.05) is 4.92 Å². The van der Waals surface area contributed by atoms with E-state index in [0.29, 0.717) is 17.2 Å². The third kappa shape index (κ3) is 4.73. The van der Waals surface area contributed by atoms with Gasteiger partial charge in [-0.05, 0) is 36.4 Å². The maximum Gasteiger partial charge on any atom is 0.486 e. The van der Waals surface area contributed by atoms with Crippen molar-refractivity contribution in [2.45, 2.75) is 5.97 Å². The minimum Gasteiger partial charge on any atom is -0.416 e. The van der Waals surface area contributed by atoms with Gasteiger partial charge in [-0.1, -0.05) is 54.6 Å². The van der Waals surface area contributed by atoms with Crippen LogP contribution in [0.25, 0.3) is 0 Å². The van der Waals surface area contributed by atoms with Crippen LogP contribution in [0.3, 0.4) is 0 Å². The van der Waals surface area contributed by atoms with Crippen molar-refractivity contribution >= 4 is 0 Å².